The van der Waals surface area contributed by atoms with E-state index in [-0.39, 0.29) is 0 Å². The predicted molar refractivity (Wildman–Crippen MR) is 69.2 cm³/mol. The summed E-state index contributed by atoms with van der Waals surface area (Å²) in [6.07, 6.45) is -2.56. The van der Waals surface area contributed by atoms with Crippen molar-refractivity contribution < 1.29 is 13.2 Å². The van der Waals surface area contributed by atoms with Gasteiger partial charge in [-0.1, -0.05) is 0 Å². The van der Waals surface area contributed by atoms with Gasteiger partial charge in [0.2, 0.25) is 0 Å². The molecular formula is C12H18F3N3S. The maximum Gasteiger partial charge on any atom is 0.401 e. The van der Waals surface area contributed by atoms with E-state index in [1.54, 1.807) is 11.3 Å². The minimum atomic E-state index is -4.08. The van der Waals surface area contributed by atoms with E-state index in [1.165, 1.54) is 4.90 Å². The van der Waals surface area contributed by atoms with E-state index < -0.39 is 12.7 Å². The molecule has 1 aliphatic heterocycles. The molecule has 1 aliphatic rings. The lowest BCUT2D eigenvalue weighted by Gasteiger charge is -2.32. The summed E-state index contributed by atoms with van der Waals surface area (Å²) in [5.74, 6) is 0. The first-order valence-corrected chi connectivity index (χ1v) is 7.24. The first-order valence-electron chi connectivity index (χ1n) is 6.36. The molecule has 2 heterocycles. The van der Waals surface area contributed by atoms with Gasteiger partial charge in [-0.15, -0.1) is 11.3 Å². The third kappa shape index (κ3) is 5.08. The van der Waals surface area contributed by atoms with E-state index in [2.05, 4.69) is 10.3 Å². The van der Waals surface area contributed by atoms with Crippen molar-refractivity contribution in [2.24, 2.45) is 0 Å². The zero-order valence-electron chi connectivity index (χ0n) is 10.8. The number of nitrogens with one attached hydrogen (secondary N) is 1. The molecule has 7 heteroatoms. The van der Waals surface area contributed by atoms with Crippen molar-refractivity contribution in [2.45, 2.75) is 38.5 Å². The molecule has 3 nitrogen and oxygen atoms in total. The van der Waals surface area contributed by atoms with E-state index >= 15 is 0 Å². The molecule has 108 valence electrons. The van der Waals surface area contributed by atoms with Gasteiger partial charge in [0.15, 0.2) is 0 Å². The first-order chi connectivity index (χ1) is 8.92. The van der Waals surface area contributed by atoms with Crippen LogP contribution in [-0.2, 0) is 6.54 Å². The number of alkyl halides is 3. The molecule has 2 rings (SSSR count). The molecule has 0 aliphatic carbocycles. The van der Waals surface area contributed by atoms with Gasteiger partial charge in [0.25, 0.3) is 0 Å². The van der Waals surface area contributed by atoms with E-state index in [1.807, 2.05) is 12.3 Å². The van der Waals surface area contributed by atoms with Crippen LogP contribution in [0, 0.1) is 6.92 Å². The van der Waals surface area contributed by atoms with Gasteiger partial charge in [-0.05, 0) is 32.9 Å². The number of piperidine rings is 1. The smallest absolute Gasteiger partial charge is 0.308 e. The summed E-state index contributed by atoms with van der Waals surface area (Å²) >= 11 is 1.61. The molecule has 0 atom stereocenters. The molecule has 0 spiro atoms. The number of hydrogen-bond donors (Lipinski definition) is 1. The molecule has 1 N–H and O–H groups in total. The highest BCUT2D eigenvalue weighted by atomic mass is 32.1. The fraction of sp³-hybridized carbons (Fsp3) is 0.750. The summed E-state index contributed by atoms with van der Waals surface area (Å²) < 4.78 is 36.7. The summed E-state index contributed by atoms with van der Waals surface area (Å²) in [4.78, 5) is 5.83. The van der Waals surface area contributed by atoms with Crippen LogP contribution in [0.4, 0.5) is 13.2 Å². The number of hydrogen-bond acceptors (Lipinski definition) is 4. The maximum atomic E-state index is 12.2. The molecule has 1 aromatic heterocycles. The molecule has 1 aromatic rings. The van der Waals surface area contributed by atoms with Crippen LogP contribution >= 0.6 is 11.3 Å². The summed E-state index contributed by atoms with van der Waals surface area (Å²) in [7, 11) is 0. The fourth-order valence-corrected chi connectivity index (χ4v) is 2.99. The Morgan fingerprint density at radius 1 is 1.42 bits per heavy atom. The molecular weight excluding hydrogens is 275 g/mol. The van der Waals surface area contributed by atoms with Crippen LogP contribution in [-0.4, -0.2) is 41.7 Å². The van der Waals surface area contributed by atoms with Crippen molar-refractivity contribution in [3.63, 3.8) is 0 Å². The van der Waals surface area contributed by atoms with Crippen LogP contribution in [0.25, 0.3) is 0 Å². The van der Waals surface area contributed by atoms with Gasteiger partial charge >= 0.3 is 6.18 Å². The van der Waals surface area contributed by atoms with Gasteiger partial charge in [0.05, 0.1) is 6.54 Å². The van der Waals surface area contributed by atoms with Crippen molar-refractivity contribution in [3.8, 4) is 0 Å². The van der Waals surface area contributed by atoms with Crippen LogP contribution in [0.3, 0.4) is 0 Å². The summed E-state index contributed by atoms with van der Waals surface area (Å²) in [5, 5.41) is 6.41. The zero-order valence-corrected chi connectivity index (χ0v) is 11.7. The van der Waals surface area contributed by atoms with Crippen LogP contribution < -0.4 is 5.32 Å². The average Bonchev–Trinajstić information content (AvgIpc) is 2.72. The third-order valence-corrected chi connectivity index (χ3v) is 4.17. The Balaban J connectivity index is 1.69. The van der Waals surface area contributed by atoms with Crippen LogP contribution in [0.5, 0.6) is 0 Å². The molecule has 0 radical (unpaired) electrons. The Labute approximate surface area is 114 Å². The second kappa shape index (κ2) is 6.19. The van der Waals surface area contributed by atoms with Gasteiger partial charge in [-0.3, -0.25) is 4.90 Å². The number of rotatable bonds is 4. The number of halogens is 3. The van der Waals surface area contributed by atoms with Crippen molar-refractivity contribution in [3.05, 3.63) is 16.1 Å². The lowest BCUT2D eigenvalue weighted by Crippen LogP contribution is -2.45. The number of aromatic nitrogens is 1. The standard InChI is InChI=1S/C12H18F3N3S/c1-9-7-19-11(17-9)6-16-10-2-4-18(5-3-10)8-12(13,14)15/h7,10,16H,2-6,8H2,1H3. The second-order valence-corrected chi connectivity index (χ2v) is 5.87. The predicted octanol–water partition coefficient (Wildman–Crippen LogP) is 2.57. The van der Waals surface area contributed by atoms with E-state index in [0.29, 0.717) is 25.7 Å². The van der Waals surface area contributed by atoms with Gasteiger partial charge in [-0.25, -0.2) is 4.98 Å². The van der Waals surface area contributed by atoms with Gasteiger partial charge in [-0.2, -0.15) is 13.2 Å². The van der Waals surface area contributed by atoms with Gasteiger partial charge in [0, 0.05) is 23.7 Å². The Morgan fingerprint density at radius 3 is 2.63 bits per heavy atom. The highest BCUT2D eigenvalue weighted by Gasteiger charge is 2.32. The van der Waals surface area contributed by atoms with E-state index in [9.17, 15) is 13.2 Å². The monoisotopic (exact) mass is 293 g/mol. The molecule has 1 saturated heterocycles. The largest absolute Gasteiger partial charge is 0.401 e. The highest BCUT2D eigenvalue weighted by Crippen LogP contribution is 2.20. The normalized spacial score (nSPS) is 18.9. The summed E-state index contributed by atoms with van der Waals surface area (Å²) in [6.45, 7) is 2.89. The van der Waals surface area contributed by atoms with E-state index in [4.69, 9.17) is 0 Å². The lowest BCUT2D eigenvalue weighted by atomic mass is 10.1. The van der Waals surface area contributed by atoms with Crippen LogP contribution in [0.2, 0.25) is 0 Å². The zero-order chi connectivity index (χ0) is 13.9. The Bertz CT molecular complexity index is 397. The summed E-state index contributed by atoms with van der Waals surface area (Å²) in [6, 6.07) is 0.300. The lowest BCUT2D eigenvalue weighted by molar-refractivity contribution is -0.148. The van der Waals surface area contributed by atoms with Crippen molar-refractivity contribution in [1.82, 2.24) is 15.2 Å². The average molecular weight is 293 g/mol. The Hall–Kier alpha value is -0.660. The number of likely N-dealkylation sites (tertiary alicyclic amines) is 1. The van der Waals surface area contributed by atoms with E-state index in [0.717, 1.165) is 23.5 Å². The van der Waals surface area contributed by atoms with Crippen LogP contribution in [0.1, 0.15) is 23.5 Å². The molecule has 0 unspecified atom stereocenters. The summed E-state index contributed by atoms with van der Waals surface area (Å²) in [5.41, 5.74) is 1.02. The number of aryl methyl sites for hydroxylation is 1. The quantitative estimate of drug-likeness (QED) is 0.925. The molecule has 19 heavy (non-hydrogen) atoms. The SMILES string of the molecule is Cc1csc(CNC2CCN(CC(F)(F)F)CC2)n1. The maximum absolute atomic E-state index is 12.2. The third-order valence-electron chi connectivity index (χ3n) is 3.20. The number of thiazole rings is 1. The molecule has 1 fully saturated rings. The molecule has 0 aromatic carbocycles. The van der Waals surface area contributed by atoms with Crippen LogP contribution in [0.15, 0.2) is 5.38 Å². The van der Waals surface area contributed by atoms with Gasteiger partial charge in [0.1, 0.15) is 5.01 Å². The molecule has 0 bridgehead atoms. The molecule has 0 amide bonds. The fourth-order valence-electron chi connectivity index (χ4n) is 2.26. The Morgan fingerprint density at radius 2 is 2.11 bits per heavy atom. The van der Waals surface area contributed by atoms with Crippen molar-refractivity contribution in [2.75, 3.05) is 19.6 Å². The second-order valence-electron chi connectivity index (χ2n) is 4.93. The minimum Gasteiger partial charge on any atom is -0.308 e. The van der Waals surface area contributed by atoms with Gasteiger partial charge < -0.3 is 5.32 Å². The first kappa shape index (κ1) is 14.7. The van der Waals surface area contributed by atoms with Crippen molar-refractivity contribution >= 4 is 11.3 Å². The highest BCUT2D eigenvalue weighted by molar-refractivity contribution is 7.09. The van der Waals surface area contributed by atoms with Crippen molar-refractivity contribution in [1.29, 1.82) is 0 Å². The number of nitrogens with zero attached hydrogens (tertiary/aromatic N) is 2. The minimum absolute atomic E-state index is 0.300. The molecule has 0 saturated carbocycles. The Kier molecular flexibility index (Phi) is 4.81. The topological polar surface area (TPSA) is 28.2 Å².